The fraction of sp³-hybridized carbons (Fsp3) is 0.600. The summed E-state index contributed by atoms with van der Waals surface area (Å²) in [6, 6.07) is 0. The van der Waals surface area contributed by atoms with Crippen LogP contribution in [-0.4, -0.2) is 40.0 Å². The van der Waals surface area contributed by atoms with E-state index in [9.17, 15) is 4.79 Å². The summed E-state index contributed by atoms with van der Waals surface area (Å²) in [6.45, 7) is 6.57. The summed E-state index contributed by atoms with van der Waals surface area (Å²) in [6.07, 6.45) is 3.39. The number of amides is 1. The van der Waals surface area contributed by atoms with Crippen molar-refractivity contribution in [1.29, 1.82) is 0 Å². The summed E-state index contributed by atoms with van der Waals surface area (Å²) in [7, 11) is 0. The molecule has 5 nitrogen and oxygen atoms in total. The molecule has 0 unspecified atom stereocenters. The van der Waals surface area contributed by atoms with Gasteiger partial charge in [-0.05, 0) is 13.8 Å². The Hall–Kier alpha value is -1.36. The zero-order chi connectivity index (χ0) is 11.3. The van der Waals surface area contributed by atoms with Crippen LogP contribution in [0.1, 0.15) is 24.3 Å². The van der Waals surface area contributed by atoms with Crippen molar-refractivity contribution >= 4 is 5.91 Å². The van der Waals surface area contributed by atoms with Crippen LogP contribution in [0.2, 0.25) is 0 Å². The lowest BCUT2D eigenvalue weighted by Crippen LogP contribution is -2.30. The molecule has 0 fully saturated rings. The average molecular weight is 210 g/mol. The van der Waals surface area contributed by atoms with Gasteiger partial charge in [-0.1, -0.05) is 0 Å². The fourth-order valence-electron chi connectivity index (χ4n) is 1.41. The van der Waals surface area contributed by atoms with Gasteiger partial charge in [-0.2, -0.15) is 0 Å². The van der Waals surface area contributed by atoms with Crippen LogP contribution in [0.4, 0.5) is 0 Å². The van der Waals surface area contributed by atoms with Gasteiger partial charge >= 0.3 is 0 Å². The van der Waals surface area contributed by atoms with Gasteiger partial charge in [-0.25, -0.2) is 4.98 Å². The molecule has 1 heterocycles. The summed E-state index contributed by atoms with van der Waals surface area (Å²) in [5, 5.41) is 0. The van der Waals surface area contributed by atoms with E-state index in [1.165, 1.54) is 0 Å². The number of imidazole rings is 1. The van der Waals surface area contributed by atoms with Crippen LogP contribution in [0, 0.1) is 0 Å². The number of aromatic nitrogens is 2. The van der Waals surface area contributed by atoms with Crippen molar-refractivity contribution < 1.29 is 4.79 Å². The van der Waals surface area contributed by atoms with Gasteiger partial charge in [0.15, 0.2) is 0 Å². The maximum atomic E-state index is 11.8. The molecule has 5 heteroatoms. The second-order valence-electron chi connectivity index (χ2n) is 3.26. The van der Waals surface area contributed by atoms with E-state index in [0.29, 0.717) is 31.9 Å². The highest BCUT2D eigenvalue weighted by atomic mass is 16.2. The normalized spacial score (nSPS) is 10.3. The van der Waals surface area contributed by atoms with E-state index in [4.69, 9.17) is 5.73 Å². The maximum absolute atomic E-state index is 11.8. The van der Waals surface area contributed by atoms with Crippen LogP contribution in [0.25, 0.3) is 0 Å². The molecular formula is C10H18N4O. The molecule has 1 rings (SSSR count). The molecule has 0 atom stereocenters. The first-order valence-electron chi connectivity index (χ1n) is 5.24. The average Bonchev–Trinajstić information content (AvgIpc) is 2.68. The molecule has 0 aliphatic heterocycles. The summed E-state index contributed by atoms with van der Waals surface area (Å²) < 4.78 is 1.83. The van der Waals surface area contributed by atoms with Crippen LogP contribution < -0.4 is 5.73 Å². The van der Waals surface area contributed by atoms with E-state index in [-0.39, 0.29) is 5.91 Å². The summed E-state index contributed by atoms with van der Waals surface area (Å²) >= 11 is 0. The molecule has 0 aromatic carbocycles. The van der Waals surface area contributed by atoms with Crippen LogP contribution in [0.5, 0.6) is 0 Å². The maximum Gasteiger partial charge on any atom is 0.274 e. The molecule has 0 saturated heterocycles. The van der Waals surface area contributed by atoms with Gasteiger partial charge in [0.25, 0.3) is 5.91 Å². The van der Waals surface area contributed by atoms with Gasteiger partial charge < -0.3 is 15.2 Å². The third kappa shape index (κ3) is 2.79. The molecule has 84 valence electrons. The first-order valence-corrected chi connectivity index (χ1v) is 5.24. The van der Waals surface area contributed by atoms with Crippen molar-refractivity contribution in [2.24, 2.45) is 5.73 Å². The number of nitrogens with two attached hydrogens (primary N) is 1. The van der Waals surface area contributed by atoms with E-state index in [2.05, 4.69) is 4.98 Å². The molecule has 1 aromatic rings. The molecule has 1 amide bonds. The standard InChI is InChI=1S/C10H18N4O/c1-3-14(4-2)10(15)9-7-13(6-5-11)8-12-9/h7-8H,3-6,11H2,1-2H3. The van der Waals surface area contributed by atoms with E-state index in [0.717, 1.165) is 0 Å². The van der Waals surface area contributed by atoms with Gasteiger partial charge in [-0.3, -0.25) is 4.79 Å². The molecule has 1 aromatic heterocycles. The smallest absolute Gasteiger partial charge is 0.274 e. The topological polar surface area (TPSA) is 64.2 Å². The van der Waals surface area contributed by atoms with Gasteiger partial charge in [0.1, 0.15) is 5.69 Å². The predicted octanol–water partition coefficient (Wildman–Crippen LogP) is 0.324. The Morgan fingerprint density at radius 3 is 2.73 bits per heavy atom. The van der Waals surface area contributed by atoms with E-state index in [1.54, 1.807) is 17.4 Å². The van der Waals surface area contributed by atoms with Crippen LogP contribution in [-0.2, 0) is 6.54 Å². The van der Waals surface area contributed by atoms with Gasteiger partial charge in [0, 0.05) is 32.4 Å². The molecule has 0 radical (unpaired) electrons. The molecule has 0 bridgehead atoms. The molecule has 0 aliphatic carbocycles. The second-order valence-corrected chi connectivity index (χ2v) is 3.26. The minimum Gasteiger partial charge on any atom is -0.338 e. The highest BCUT2D eigenvalue weighted by Gasteiger charge is 2.14. The Morgan fingerprint density at radius 2 is 2.20 bits per heavy atom. The minimum atomic E-state index is -0.0178. The SMILES string of the molecule is CCN(CC)C(=O)c1cn(CCN)cn1. The Bertz CT molecular complexity index is 317. The lowest BCUT2D eigenvalue weighted by Gasteiger charge is -2.16. The van der Waals surface area contributed by atoms with E-state index >= 15 is 0 Å². The zero-order valence-electron chi connectivity index (χ0n) is 9.31. The summed E-state index contributed by atoms with van der Waals surface area (Å²) in [5.74, 6) is -0.0178. The quantitative estimate of drug-likeness (QED) is 0.761. The monoisotopic (exact) mass is 210 g/mol. The number of carbonyl (C=O) groups is 1. The van der Waals surface area contributed by atoms with Crippen molar-refractivity contribution in [3.8, 4) is 0 Å². The Balaban J connectivity index is 2.73. The van der Waals surface area contributed by atoms with Crippen LogP contribution >= 0.6 is 0 Å². The van der Waals surface area contributed by atoms with E-state index < -0.39 is 0 Å². The number of hydrogen-bond donors (Lipinski definition) is 1. The minimum absolute atomic E-state index is 0.0178. The molecule has 0 aliphatic rings. The van der Waals surface area contributed by atoms with Crippen molar-refractivity contribution in [1.82, 2.24) is 14.5 Å². The first-order chi connectivity index (χ1) is 7.22. The molecular weight excluding hydrogens is 192 g/mol. The Kier molecular flexibility index (Phi) is 4.30. The molecule has 2 N–H and O–H groups in total. The molecule has 0 spiro atoms. The Morgan fingerprint density at radius 1 is 1.53 bits per heavy atom. The third-order valence-electron chi connectivity index (χ3n) is 2.29. The zero-order valence-corrected chi connectivity index (χ0v) is 9.31. The highest BCUT2D eigenvalue weighted by molar-refractivity contribution is 5.92. The lowest BCUT2D eigenvalue weighted by atomic mass is 10.4. The molecule has 0 saturated carbocycles. The number of hydrogen-bond acceptors (Lipinski definition) is 3. The first kappa shape index (κ1) is 11.7. The predicted molar refractivity (Wildman–Crippen MR) is 58.5 cm³/mol. The van der Waals surface area contributed by atoms with Crippen molar-refractivity contribution in [3.05, 3.63) is 18.2 Å². The number of nitrogens with zero attached hydrogens (tertiary/aromatic N) is 3. The molecule has 15 heavy (non-hydrogen) atoms. The van der Waals surface area contributed by atoms with Crippen LogP contribution in [0.15, 0.2) is 12.5 Å². The van der Waals surface area contributed by atoms with Crippen molar-refractivity contribution in [2.75, 3.05) is 19.6 Å². The van der Waals surface area contributed by atoms with Gasteiger partial charge in [-0.15, -0.1) is 0 Å². The second kappa shape index (κ2) is 5.50. The van der Waals surface area contributed by atoms with Crippen molar-refractivity contribution in [3.63, 3.8) is 0 Å². The van der Waals surface area contributed by atoms with Crippen molar-refractivity contribution in [2.45, 2.75) is 20.4 Å². The highest BCUT2D eigenvalue weighted by Crippen LogP contribution is 2.02. The number of carbonyl (C=O) groups excluding carboxylic acids is 1. The van der Waals surface area contributed by atoms with Crippen LogP contribution in [0.3, 0.4) is 0 Å². The fourth-order valence-corrected chi connectivity index (χ4v) is 1.41. The lowest BCUT2D eigenvalue weighted by molar-refractivity contribution is 0.0767. The third-order valence-corrected chi connectivity index (χ3v) is 2.29. The summed E-state index contributed by atoms with van der Waals surface area (Å²) in [4.78, 5) is 17.7. The number of rotatable bonds is 5. The van der Waals surface area contributed by atoms with E-state index in [1.807, 2.05) is 18.4 Å². The summed E-state index contributed by atoms with van der Waals surface area (Å²) in [5.41, 5.74) is 5.91. The Labute approximate surface area is 89.9 Å². The largest absolute Gasteiger partial charge is 0.338 e. The van der Waals surface area contributed by atoms with Gasteiger partial charge in [0.2, 0.25) is 0 Å². The van der Waals surface area contributed by atoms with Gasteiger partial charge in [0.05, 0.1) is 6.33 Å².